The Morgan fingerprint density at radius 1 is 1.21 bits per heavy atom. The third-order valence-corrected chi connectivity index (χ3v) is 1.41. The summed E-state index contributed by atoms with van der Waals surface area (Å²) in [5.41, 5.74) is 0. The summed E-state index contributed by atoms with van der Waals surface area (Å²) >= 11 is 0. The minimum atomic E-state index is -1.25. The van der Waals surface area contributed by atoms with Crippen molar-refractivity contribution in [3.05, 3.63) is 0 Å². The van der Waals surface area contributed by atoms with Gasteiger partial charge in [0, 0.05) is 6.61 Å². The Balaban J connectivity index is 4.18. The van der Waals surface area contributed by atoms with Gasteiger partial charge < -0.3 is 14.2 Å². The molecule has 1 unspecified atom stereocenters. The lowest BCUT2D eigenvalue weighted by atomic mass is 10.3. The first kappa shape index (κ1) is 12.9. The van der Waals surface area contributed by atoms with Gasteiger partial charge in [-0.1, -0.05) is 6.92 Å². The second-order valence-corrected chi connectivity index (χ2v) is 2.53. The molecule has 0 aromatic heterocycles. The Kier molecular flexibility index (Phi) is 6.74. The van der Waals surface area contributed by atoms with Crippen LogP contribution in [0.2, 0.25) is 0 Å². The van der Waals surface area contributed by atoms with E-state index in [0.717, 1.165) is 0 Å². The number of methoxy groups -OCH3 is 1. The molecule has 0 spiro atoms. The summed E-state index contributed by atoms with van der Waals surface area (Å²) in [5.74, 6) is -1.42. The van der Waals surface area contributed by atoms with Crippen molar-refractivity contribution in [1.29, 1.82) is 0 Å². The van der Waals surface area contributed by atoms with Crippen LogP contribution in [-0.2, 0) is 23.8 Å². The number of carbonyl (C=O) groups excluding carboxylic acids is 2. The number of hydrogen-bond acceptors (Lipinski definition) is 5. The molecule has 0 aromatic carbocycles. The highest BCUT2D eigenvalue weighted by Crippen LogP contribution is 1.99. The summed E-state index contributed by atoms with van der Waals surface area (Å²) in [4.78, 5) is 22.3. The molecule has 0 aliphatic rings. The van der Waals surface area contributed by atoms with E-state index in [1.54, 1.807) is 6.92 Å². The molecular formula is C9H16O5. The first-order valence-electron chi connectivity index (χ1n) is 4.53. The largest absolute Gasteiger partial charge is 0.467 e. The monoisotopic (exact) mass is 204 g/mol. The van der Waals surface area contributed by atoms with Gasteiger partial charge in [0.15, 0.2) is 0 Å². The maximum absolute atomic E-state index is 11.2. The van der Waals surface area contributed by atoms with Gasteiger partial charge in [-0.25, -0.2) is 9.59 Å². The van der Waals surface area contributed by atoms with E-state index >= 15 is 0 Å². The Hall–Kier alpha value is -1.10. The minimum absolute atomic E-state index is 0.251. The zero-order chi connectivity index (χ0) is 11.0. The summed E-state index contributed by atoms with van der Waals surface area (Å²) in [5, 5.41) is 0. The zero-order valence-corrected chi connectivity index (χ0v) is 8.74. The summed E-state index contributed by atoms with van der Waals surface area (Å²) in [6.07, 6.45) is -0.553. The Morgan fingerprint density at radius 3 is 2.29 bits per heavy atom. The zero-order valence-electron chi connectivity index (χ0n) is 8.74. The fraction of sp³-hybridized carbons (Fsp3) is 0.778. The van der Waals surface area contributed by atoms with E-state index in [9.17, 15) is 9.59 Å². The van der Waals surface area contributed by atoms with Crippen molar-refractivity contribution in [2.45, 2.75) is 26.4 Å². The number of rotatable bonds is 6. The van der Waals surface area contributed by atoms with Gasteiger partial charge in [0.1, 0.15) is 0 Å². The molecule has 0 N–H and O–H groups in total. The van der Waals surface area contributed by atoms with E-state index in [4.69, 9.17) is 9.47 Å². The van der Waals surface area contributed by atoms with Crippen LogP contribution >= 0.6 is 0 Å². The van der Waals surface area contributed by atoms with Gasteiger partial charge in [-0.2, -0.15) is 0 Å². The topological polar surface area (TPSA) is 61.8 Å². The molecule has 0 rings (SSSR count). The molecule has 0 heterocycles. The molecule has 0 aliphatic carbocycles. The number of hydrogen-bond donors (Lipinski definition) is 0. The molecule has 0 amide bonds. The predicted octanol–water partition coefficient (Wildman–Crippen LogP) is 0.518. The highest BCUT2D eigenvalue weighted by molar-refractivity contribution is 5.97. The smallest absolute Gasteiger partial charge is 0.347 e. The van der Waals surface area contributed by atoms with Crippen LogP contribution in [-0.4, -0.2) is 38.4 Å². The van der Waals surface area contributed by atoms with Crippen molar-refractivity contribution in [2.75, 3.05) is 20.3 Å². The fourth-order valence-corrected chi connectivity index (χ4v) is 0.784. The predicted molar refractivity (Wildman–Crippen MR) is 48.7 cm³/mol. The van der Waals surface area contributed by atoms with Crippen LogP contribution < -0.4 is 0 Å². The van der Waals surface area contributed by atoms with E-state index in [0.29, 0.717) is 6.42 Å². The minimum Gasteiger partial charge on any atom is -0.467 e. The van der Waals surface area contributed by atoms with Crippen LogP contribution in [0.25, 0.3) is 0 Å². The first-order chi connectivity index (χ1) is 6.67. The van der Waals surface area contributed by atoms with E-state index in [2.05, 4.69) is 4.74 Å². The van der Waals surface area contributed by atoms with Gasteiger partial charge in [0.2, 0.25) is 0 Å². The van der Waals surface area contributed by atoms with Crippen LogP contribution in [0.1, 0.15) is 20.3 Å². The summed E-state index contributed by atoms with van der Waals surface area (Å²) in [6, 6.07) is 0. The number of ether oxygens (including phenoxy) is 3. The van der Waals surface area contributed by atoms with Gasteiger partial charge in [0.05, 0.1) is 13.7 Å². The van der Waals surface area contributed by atoms with Gasteiger partial charge in [-0.15, -0.1) is 0 Å². The van der Waals surface area contributed by atoms with Gasteiger partial charge in [-0.05, 0) is 13.3 Å². The highest BCUT2D eigenvalue weighted by atomic mass is 16.6. The van der Waals surface area contributed by atoms with E-state index in [1.807, 2.05) is 6.92 Å². The second-order valence-electron chi connectivity index (χ2n) is 2.53. The third kappa shape index (κ3) is 4.23. The number of carbonyl (C=O) groups is 2. The molecule has 5 nitrogen and oxygen atoms in total. The van der Waals surface area contributed by atoms with E-state index < -0.39 is 18.0 Å². The molecule has 82 valence electrons. The lowest BCUT2D eigenvalue weighted by molar-refractivity contribution is -0.171. The maximum atomic E-state index is 11.2. The summed E-state index contributed by atoms with van der Waals surface area (Å²) < 4.78 is 14.1. The first-order valence-corrected chi connectivity index (χ1v) is 4.53. The van der Waals surface area contributed by atoms with Crippen LogP contribution in [0.3, 0.4) is 0 Å². The third-order valence-electron chi connectivity index (χ3n) is 1.41. The Bertz CT molecular complexity index is 190. The average Bonchev–Trinajstić information content (AvgIpc) is 2.21. The Labute approximate surface area is 83.3 Å². The normalized spacial score (nSPS) is 11.9. The molecular weight excluding hydrogens is 188 g/mol. The van der Waals surface area contributed by atoms with Crippen LogP contribution in [0.4, 0.5) is 0 Å². The summed E-state index contributed by atoms with van der Waals surface area (Å²) in [7, 11) is 1.20. The fourth-order valence-electron chi connectivity index (χ4n) is 0.784. The maximum Gasteiger partial charge on any atom is 0.347 e. The molecule has 0 bridgehead atoms. The van der Waals surface area contributed by atoms with Crippen molar-refractivity contribution >= 4 is 11.9 Å². The Morgan fingerprint density at radius 2 is 1.86 bits per heavy atom. The molecule has 1 atom stereocenters. The lowest BCUT2D eigenvalue weighted by Gasteiger charge is -2.13. The molecule has 0 aromatic rings. The lowest BCUT2D eigenvalue weighted by Crippen LogP contribution is -2.35. The van der Waals surface area contributed by atoms with Crippen LogP contribution in [0.5, 0.6) is 0 Å². The molecule has 0 radical (unpaired) electrons. The molecule has 0 fully saturated rings. The van der Waals surface area contributed by atoms with E-state index in [1.165, 1.54) is 7.11 Å². The molecule has 14 heavy (non-hydrogen) atoms. The SMILES string of the molecule is CCCOC(=O)C(OCC)C(=O)OC. The second kappa shape index (κ2) is 7.32. The molecule has 0 aliphatic heterocycles. The number of esters is 2. The van der Waals surface area contributed by atoms with Gasteiger partial charge >= 0.3 is 11.9 Å². The van der Waals surface area contributed by atoms with Gasteiger partial charge in [0.25, 0.3) is 6.10 Å². The van der Waals surface area contributed by atoms with Gasteiger partial charge in [-0.3, -0.25) is 0 Å². The molecule has 5 heteroatoms. The van der Waals surface area contributed by atoms with Crippen molar-refractivity contribution in [3.63, 3.8) is 0 Å². The summed E-state index contributed by atoms with van der Waals surface area (Å²) in [6.45, 7) is 4.07. The standard InChI is InChI=1S/C9H16O5/c1-4-6-14-9(11)7(13-5-2)8(10)12-3/h7H,4-6H2,1-3H3. The highest BCUT2D eigenvalue weighted by Gasteiger charge is 2.29. The van der Waals surface area contributed by atoms with Crippen molar-refractivity contribution in [2.24, 2.45) is 0 Å². The van der Waals surface area contributed by atoms with Crippen molar-refractivity contribution in [3.8, 4) is 0 Å². The van der Waals surface area contributed by atoms with Crippen molar-refractivity contribution in [1.82, 2.24) is 0 Å². The molecule has 0 saturated heterocycles. The van der Waals surface area contributed by atoms with Crippen LogP contribution in [0, 0.1) is 0 Å². The van der Waals surface area contributed by atoms with Crippen molar-refractivity contribution < 1.29 is 23.8 Å². The van der Waals surface area contributed by atoms with E-state index in [-0.39, 0.29) is 13.2 Å². The average molecular weight is 204 g/mol. The van der Waals surface area contributed by atoms with Crippen LogP contribution in [0.15, 0.2) is 0 Å². The quantitative estimate of drug-likeness (QED) is 0.466. The molecule has 0 saturated carbocycles.